The molecule has 0 spiro atoms. The minimum atomic E-state index is -0.111. The fraction of sp³-hybridized carbons (Fsp3) is 0.600. The Morgan fingerprint density at radius 1 is 2.00 bits per heavy atom. The van der Waals surface area contributed by atoms with E-state index in [1.165, 1.54) is 5.01 Å². The zero-order valence-corrected chi connectivity index (χ0v) is 5.29. The highest BCUT2D eigenvalue weighted by Crippen LogP contribution is 1.91. The molecule has 0 saturated carbocycles. The van der Waals surface area contributed by atoms with Crippen molar-refractivity contribution in [1.29, 1.82) is 0 Å². The van der Waals surface area contributed by atoms with E-state index < -0.39 is 0 Å². The third-order valence-electron chi connectivity index (χ3n) is 1.10. The average molecular weight is 127 g/mol. The summed E-state index contributed by atoms with van der Waals surface area (Å²) < 4.78 is 0. The van der Waals surface area contributed by atoms with Gasteiger partial charge in [0.1, 0.15) is 0 Å². The lowest BCUT2D eigenvalue weighted by Crippen LogP contribution is -2.41. The summed E-state index contributed by atoms with van der Waals surface area (Å²) in [7, 11) is 0. The summed E-state index contributed by atoms with van der Waals surface area (Å²) in [5, 5.41) is 7.82. The van der Waals surface area contributed by atoms with Crippen molar-refractivity contribution < 1.29 is 4.79 Å². The summed E-state index contributed by atoms with van der Waals surface area (Å²) in [6.07, 6.45) is 1.67. The van der Waals surface area contributed by atoms with Gasteiger partial charge in [0.15, 0.2) is 0 Å². The van der Waals surface area contributed by atoms with E-state index in [0.29, 0.717) is 13.1 Å². The van der Waals surface area contributed by atoms with Crippen molar-refractivity contribution in [2.45, 2.75) is 6.92 Å². The van der Waals surface area contributed by atoms with Crippen LogP contribution in [0.1, 0.15) is 6.92 Å². The molecule has 0 aromatic carbocycles. The van der Waals surface area contributed by atoms with Crippen LogP contribution in [-0.2, 0) is 0 Å². The van der Waals surface area contributed by atoms with Crippen molar-refractivity contribution in [3.05, 3.63) is 0 Å². The molecule has 1 heterocycles. The molecule has 0 atom stereocenters. The van der Waals surface area contributed by atoms with E-state index in [1.54, 1.807) is 6.21 Å². The highest BCUT2D eigenvalue weighted by molar-refractivity contribution is 5.81. The maximum absolute atomic E-state index is 10.7. The van der Waals surface area contributed by atoms with Gasteiger partial charge in [-0.3, -0.25) is 0 Å². The van der Waals surface area contributed by atoms with Crippen LogP contribution >= 0.6 is 0 Å². The molecule has 0 aromatic rings. The molecule has 1 aliphatic rings. The number of hydrazone groups is 1. The summed E-state index contributed by atoms with van der Waals surface area (Å²) in [4.78, 5) is 10.7. The molecule has 9 heavy (non-hydrogen) atoms. The molecule has 4 nitrogen and oxygen atoms in total. The molecule has 1 rings (SSSR count). The monoisotopic (exact) mass is 127 g/mol. The first-order valence-electron chi connectivity index (χ1n) is 2.92. The number of urea groups is 1. The Balaban J connectivity index is 2.57. The molecule has 0 aliphatic carbocycles. The van der Waals surface area contributed by atoms with Gasteiger partial charge >= 0.3 is 6.03 Å². The lowest BCUT2D eigenvalue weighted by atomic mass is 10.6. The summed E-state index contributed by atoms with van der Waals surface area (Å²) in [6, 6.07) is -0.111. The topological polar surface area (TPSA) is 44.7 Å². The largest absolute Gasteiger partial charge is 0.338 e. The number of nitrogens with one attached hydrogen (secondary N) is 1. The second kappa shape index (κ2) is 2.48. The Morgan fingerprint density at radius 2 is 2.78 bits per heavy atom. The number of rotatable bonds is 1. The Kier molecular flexibility index (Phi) is 1.67. The van der Waals surface area contributed by atoms with Crippen molar-refractivity contribution >= 4 is 12.2 Å². The standard InChI is InChI=1S/C5H9N3O/c1-2-8-5(9)6-3-4-7-8/h4H,2-3H2,1H3,(H,6,9). The normalized spacial score (nSPS) is 17.9. The van der Waals surface area contributed by atoms with Crippen LogP contribution in [0.3, 0.4) is 0 Å². The molecule has 0 bridgehead atoms. The van der Waals surface area contributed by atoms with Crippen LogP contribution in [0.4, 0.5) is 4.79 Å². The van der Waals surface area contributed by atoms with E-state index in [0.717, 1.165) is 0 Å². The Morgan fingerprint density at radius 3 is 3.22 bits per heavy atom. The highest BCUT2D eigenvalue weighted by Gasteiger charge is 2.10. The fourth-order valence-corrected chi connectivity index (χ4v) is 0.641. The number of hydrogen-bond acceptors (Lipinski definition) is 2. The zero-order valence-electron chi connectivity index (χ0n) is 5.29. The number of carbonyl (C=O) groups is 1. The maximum atomic E-state index is 10.7. The van der Waals surface area contributed by atoms with Crippen molar-refractivity contribution in [3.8, 4) is 0 Å². The number of hydrogen-bond donors (Lipinski definition) is 1. The number of carbonyl (C=O) groups excluding carboxylic acids is 1. The van der Waals surface area contributed by atoms with Gasteiger partial charge in [-0.25, -0.2) is 9.80 Å². The lowest BCUT2D eigenvalue weighted by molar-refractivity contribution is 0.201. The zero-order chi connectivity index (χ0) is 6.69. The second-order valence-electron chi connectivity index (χ2n) is 1.70. The van der Waals surface area contributed by atoms with E-state index in [-0.39, 0.29) is 6.03 Å². The van der Waals surface area contributed by atoms with E-state index in [4.69, 9.17) is 0 Å². The van der Waals surface area contributed by atoms with Gasteiger partial charge in [0.25, 0.3) is 0 Å². The molecule has 4 heteroatoms. The predicted octanol–water partition coefficient (Wildman–Crippen LogP) is 0.0173. The predicted molar refractivity (Wildman–Crippen MR) is 34.3 cm³/mol. The van der Waals surface area contributed by atoms with Gasteiger partial charge in [0, 0.05) is 12.8 Å². The SMILES string of the molecule is CCN1N=CCNC1=O. The van der Waals surface area contributed by atoms with Crippen LogP contribution in [-0.4, -0.2) is 30.3 Å². The first kappa shape index (κ1) is 6.07. The number of nitrogens with zero attached hydrogens (tertiary/aromatic N) is 2. The molecule has 0 fully saturated rings. The molecule has 0 radical (unpaired) electrons. The maximum Gasteiger partial charge on any atom is 0.338 e. The summed E-state index contributed by atoms with van der Waals surface area (Å²) >= 11 is 0. The Hall–Kier alpha value is -1.06. The molecular weight excluding hydrogens is 118 g/mol. The molecule has 0 unspecified atom stereocenters. The van der Waals surface area contributed by atoms with Crippen LogP contribution in [0, 0.1) is 0 Å². The third-order valence-corrected chi connectivity index (χ3v) is 1.10. The quantitative estimate of drug-likeness (QED) is 0.530. The number of amides is 2. The first-order valence-corrected chi connectivity index (χ1v) is 2.92. The Bertz CT molecular complexity index is 143. The molecule has 50 valence electrons. The average Bonchev–Trinajstić information content (AvgIpc) is 1.89. The van der Waals surface area contributed by atoms with Gasteiger partial charge in [0.2, 0.25) is 0 Å². The smallest absolute Gasteiger partial charge is 0.331 e. The minimum Gasteiger partial charge on any atom is -0.331 e. The minimum absolute atomic E-state index is 0.111. The van der Waals surface area contributed by atoms with Gasteiger partial charge < -0.3 is 5.32 Å². The van der Waals surface area contributed by atoms with E-state index in [1.807, 2.05) is 6.92 Å². The Labute approximate surface area is 53.5 Å². The van der Waals surface area contributed by atoms with Gasteiger partial charge in [-0.15, -0.1) is 0 Å². The van der Waals surface area contributed by atoms with Gasteiger partial charge in [0.05, 0.1) is 6.54 Å². The van der Waals surface area contributed by atoms with Crippen LogP contribution in [0.25, 0.3) is 0 Å². The van der Waals surface area contributed by atoms with Crippen molar-refractivity contribution in [2.24, 2.45) is 5.10 Å². The summed E-state index contributed by atoms with van der Waals surface area (Å²) in [5.41, 5.74) is 0. The van der Waals surface area contributed by atoms with Gasteiger partial charge in [-0.2, -0.15) is 5.10 Å². The van der Waals surface area contributed by atoms with Crippen LogP contribution in [0.15, 0.2) is 5.10 Å². The summed E-state index contributed by atoms with van der Waals surface area (Å²) in [6.45, 7) is 3.06. The van der Waals surface area contributed by atoms with Crippen LogP contribution in [0.5, 0.6) is 0 Å². The van der Waals surface area contributed by atoms with E-state index in [2.05, 4.69) is 10.4 Å². The highest BCUT2D eigenvalue weighted by atomic mass is 16.2. The lowest BCUT2D eigenvalue weighted by Gasteiger charge is -2.18. The van der Waals surface area contributed by atoms with E-state index in [9.17, 15) is 4.79 Å². The first-order chi connectivity index (χ1) is 4.34. The van der Waals surface area contributed by atoms with Crippen molar-refractivity contribution in [2.75, 3.05) is 13.1 Å². The van der Waals surface area contributed by atoms with Crippen LogP contribution < -0.4 is 5.32 Å². The second-order valence-corrected chi connectivity index (χ2v) is 1.70. The molecule has 0 aromatic heterocycles. The fourth-order valence-electron chi connectivity index (χ4n) is 0.641. The summed E-state index contributed by atoms with van der Waals surface area (Å²) in [5.74, 6) is 0. The molecule has 1 aliphatic heterocycles. The van der Waals surface area contributed by atoms with Crippen LogP contribution in [0.2, 0.25) is 0 Å². The van der Waals surface area contributed by atoms with Crippen molar-refractivity contribution in [3.63, 3.8) is 0 Å². The molecule has 0 saturated heterocycles. The van der Waals surface area contributed by atoms with Crippen molar-refractivity contribution in [1.82, 2.24) is 10.3 Å². The molecular formula is C5H9N3O. The molecule has 2 amide bonds. The van der Waals surface area contributed by atoms with Gasteiger partial charge in [-0.1, -0.05) is 0 Å². The van der Waals surface area contributed by atoms with Gasteiger partial charge in [-0.05, 0) is 6.92 Å². The third kappa shape index (κ3) is 1.19. The van der Waals surface area contributed by atoms with E-state index >= 15 is 0 Å². The molecule has 1 N–H and O–H groups in total.